The summed E-state index contributed by atoms with van der Waals surface area (Å²) in [6.45, 7) is 4.72. The third kappa shape index (κ3) is 6.17. The molecule has 0 heterocycles. The number of unbranched alkanes of at least 4 members (excludes halogenated alkanes) is 3. The Morgan fingerprint density at radius 2 is 1.69 bits per heavy atom. The summed E-state index contributed by atoms with van der Waals surface area (Å²) in [5.41, 5.74) is 1.38. The number of halogens is 1. The van der Waals surface area contributed by atoms with Gasteiger partial charge in [-0.2, -0.15) is 0 Å². The molecule has 0 amide bonds. The smallest absolute Gasteiger partial charge is 0.343 e. The summed E-state index contributed by atoms with van der Waals surface area (Å²) in [6.07, 6.45) is 6.29. The largest absolute Gasteiger partial charge is 0.491 e. The Kier molecular flexibility index (Phi) is 8.13. The minimum Gasteiger partial charge on any atom is -0.491 e. The first-order valence-corrected chi connectivity index (χ1v) is 9.37. The lowest BCUT2D eigenvalue weighted by molar-refractivity contribution is 0.0734. The lowest BCUT2D eigenvalue weighted by atomic mass is 10.1. The fraction of sp³-hybridized carbons (Fsp3) is 0.409. The van der Waals surface area contributed by atoms with Gasteiger partial charge in [-0.25, -0.2) is 9.18 Å². The maximum Gasteiger partial charge on any atom is 0.343 e. The Bertz CT molecular complexity index is 695. The van der Waals surface area contributed by atoms with Crippen molar-refractivity contribution in [2.45, 2.75) is 52.4 Å². The van der Waals surface area contributed by atoms with Crippen LogP contribution in [0.2, 0.25) is 0 Å². The van der Waals surface area contributed by atoms with Crippen LogP contribution in [-0.4, -0.2) is 12.6 Å². The van der Waals surface area contributed by atoms with Crippen molar-refractivity contribution in [1.29, 1.82) is 0 Å². The number of hydrogen-bond donors (Lipinski definition) is 0. The van der Waals surface area contributed by atoms with Crippen molar-refractivity contribution in [2.24, 2.45) is 0 Å². The second kappa shape index (κ2) is 10.6. The molecule has 0 aliphatic rings. The zero-order valence-electron chi connectivity index (χ0n) is 15.6. The molecule has 0 unspecified atom stereocenters. The minimum atomic E-state index is -0.581. The van der Waals surface area contributed by atoms with E-state index in [1.165, 1.54) is 17.7 Å². The first-order chi connectivity index (χ1) is 12.6. The summed E-state index contributed by atoms with van der Waals surface area (Å²) in [5.74, 6) is -0.512. The molecule has 140 valence electrons. The van der Waals surface area contributed by atoms with Crippen molar-refractivity contribution in [3.8, 4) is 11.5 Å². The maximum atomic E-state index is 14.1. The maximum absolute atomic E-state index is 14.1. The van der Waals surface area contributed by atoms with Gasteiger partial charge in [0.15, 0.2) is 11.6 Å². The quantitative estimate of drug-likeness (QED) is 0.299. The summed E-state index contributed by atoms with van der Waals surface area (Å²) in [4.78, 5) is 12.2. The van der Waals surface area contributed by atoms with Crippen molar-refractivity contribution >= 4 is 5.97 Å². The molecule has 0 aromatic heterocycles. The van der Waals surface area contributed by atoms with Gasteiger partial charge in [0.25, 0.3) is 0 Å². The Labute approximate surface area is 155 Å². The van der Waals surface area contributed by atoms with Gasteiger partial charge < -0.3 is 9.47 Å². The molecule has 26 heavy (non-hydrogen) atoms. The average molecular weight is 358 g/mol. The van der Waals surface area contributed by atoms with E-state index in [0.717, 1.165) is 44.6 Å². The van der Waals surface area contributed by atoms with Crippen molar-refractivity contribution in [3.05, 3.63) is 59.4 Å². The Hall–Kier alpha value is -2.36. The first-order valence-electron chi connectivity index (χ1n) is 9.37. The molecule has 0 aliphatic heterocycles. The van der Waals surface area contributed by atoms with Gasteiger partial charge in [-0.3, -0.25) is 0 Å². The molecule has 0 saturated carbocycles. The highest BCUT2D eigenvalue weighted by molar-refractivity contribution is 5.91. The molecule has 2 aromatic rings. The third-order valence-corrected chi connectivity index (χ3v) is 4.13. The van der Waals surface area contributed by atoms with E-state index in [0.29, 0.717) is 12.4 Å². The SMILES string of the molecule is CCCCCOc1ccc(C(=O)Oc2ccc(CCCC)cc2)cc1F. The number of carbonyl (C=O) groups is 1. The van der Waals surface area contributed by atoms with Crippen molar-refractivity contribution < 1.29 is 18.7 Å². The van der Waals surface area contributed by atoms with Gasteiger partial charge in [0.1, 0.15) is 5.75 Å². The minimum absolute atomic E-state index is 0.165. The first kappa shape index (κ1) is 20.0. The highest BCUT2D eigenvalue weighted by atomic mass is 19.1. The van der Waals surface area contributed by atoms with Crippen LogP contribution in [0.5, 0.6) is 11.5 Å². The number of rotatable bonds is 10. The highest BCUT2D eigenvalue weighted by Gasteiger charge is 2.13. The second-order valence-electron chi connectivity index (χ2n) is 6.34. The summed E-state index contributed by atoms with van der Waals surface area (Å²) >= 11 is 0. The molecule has 0 spiro atoms. The predicted octanol–water partition coefficient (Wildman–Crippen LogP) is 5.96. The number of carbonyl (C=O) groups excluding carboxylic acids is 1. The molecule has 4 heteroatoms. The van der Waals surface area contributed by atoms with E-state index in [1.54, 1.807) is 12.1 Å². The molecule has 0 aliphatic carbocycles. The average Bonchev–Trinajstić information content (AvgIpc) is 2.65. The van der Waals surface area contributed by atoms with Crippen LogP contribution in [0.4, 0.5) is 4.39 Å². The molecule has 2 rings (SSSR count). The Morgan fingerprint density at radius 1 is 0.962 bits per heavy atom. The van der Waals surface area contributed by atoms with Crippen LogP contribution in [0, 0.1) is 5.82 Å². The lowest BCUT2D eigenvalue weighted by Crippen LogP contribution is -2.09. The van der Waals surface area contributed by atoms with Crippen LogP contribution in [0.25, 0.3) is 0 Å². The normalized spacial score (nSPS) is 10.6. The number of esters is 1. The van der Waals surface area contributed by atoms with Gasteiger partial charge in [0, 0.05) is 0 Å². The molecule has 0 bridgehead atoms. The number of aryl methyl sites for hydroxylation is 1. The number of benzene rings is 2. The van der Waals surface area contributed by atoms with Crippen molar-refractivity contribution in [2.75, 3.05) is 6.61 Å². The van der Waals surface area contributed by atoms with Gasteiger partial charge in [-0.15, -0.1) is 0 Å². The van der Waals surface area contributed by atoms with Gasteiger partial charge in [0.2, 0.25) is 0 Å². The van der Waals surface area contributed by atoms with Crippen LogP contribution in [-0.2, 0) is 6.42 Å². The summed E-state index contributed by atoms with van der Waals surface area (Å²) in [5, 5.41) is 0. The van der Waals surface area contributed by atoms with Gasteiger partial charge in [-0.05, 0) is 55.2 Å². The standard InChI is InChI=1S/C22H27FO3/c1-3-5-7-15-25-21-14-11-18(16-20(21)23)22(24)26-19-12-9-17(10-13-19)8-6-4-2/h9-14,16H,3-8,15H2,1-2H3. The molecule has 2 aromatic carbocycles. The van der Waals surface area contributed by atoms with Gasteiger partial charge in [-0.1, -0.05) is 45.2 Å². The summed E-state index contributed by atoms with van der Waals surface area (Å²) in [7, 11) is 0. The van der Waals surface area contributed by atoms with Crippen LogP contribution in [0.3, 0.4) is 0 Å². The van der Waals surface area contributed by atoms with E-state index in [-0.39, 0.29) is 11.3 Å². The summed E-state index contributed by atoms with van der Waals surface area (Å²) < 4.78 is 24.8. The molecule has 0 saturated heterocycles. The van der Waals surface area contributed by atoms with E-state index in [2.05, 4.69) is 13.8 Å². The van der Waals surface area contributed by atoms with Crippen LogP contribution in [0.15, 0.2) is 42.5 Å². The van der Waals surface area contributed by atoms with Crippen molar-refractivity contribution in [1.82, 2.24) is 0 Å². The number of ether oxygens (including phenoxy) is 2. The third-order valence-electron chi connectivity index (χ3n) is 4.13. The molecular formula is C22H27FO3. The zero-order valence-corrected chi connectivity index (χ0v) is 15.6. The van der Waals surface area contributed by atoms with E-state index < -0.39 is 11.8 Å². The molecule has 0 fully saturated rings. The number of hydrogen-bond acceptors (Lipinski definition) is 3. The van der Waals surface area contributed by atoms with Crippen LogP contribution < -0.4 is 9.47 Å². The lowest BCUT2D eigenvalue weighted by Gasteiger charge is -2.09. The summed E-state index contributed by atoms with van der Waals surface area (Å²) in [6, 6.07) is 11.6. The Morgan fingerprint density at radius 3 is 2.35 bits per heavy atom. The van der Waals surface area contributed by atoms with Crippen molar-refractivity contribution in [3.63, 3.8) is 0 Å². The zero-order chi connectivity index (χ0) is 18.8. The fourth-order valence-electron chi connectivity index (χ4n) is 2.55. The van der Waals surface area contributed by atoms with E-state index in [1.807, 2.05) is 12.1 Å². The van der Waals surface area contributed by atoms with Crippen LogP contribution >= 0.6 is 0 Å². The monoisotopic (exact) mass is 358 g/mol. The second-order valence-corrected chi connectivity index (χ2v) is 6.34. The van der Waals surface area contributed by atoms with Gasteiger partial charge in [0.05, 0.1) is 12.2 Å². The van der Waals surface area contributed by atoms with E-state index in [9.17, 15) is 9.18 Å². The molecule has 3 nitrogen and oxygen atoms in total. The molecular weight excluding hydrogens is 331 g/mol. The van der Waals surface area contributed by atoms with Gasteiger partial charge >= 0.3 is 5.97 Å². The van der Waals surface area contributed by atoms with E-state index in [4.69, 9.17) is 9.47 Å². The molecule has 0 radical (unpaired) electrons. The Balaban J connectivity index is 1.93. The fourth-order valence-corrected chi connectivity index (χ4v) is 2.55. The van der Waals surface area contributed by atoms with Crippen LogP contribution in [0.1, 0.15) is 61.9 Å². The van der Waals surface area contributed by atoms with E-state index >= 15 is 0 Å². The predicted molar refractivity (Wildman–Crippen MR) is 101 cm³/mol. The molecule has 0 atom stereocenters. The highest BCUT2D eigenvalue weighted by Crippen LogP contribution is 2.21. The molecule has 0 N–H and O–H groups in total. The topological polar surface area (TPSA) is 35.5 Å².